The highest BCUT2D eigenvalue weighted by molar-refractivity contribution is 5.91. The van der Waals surface area contributed by atoms with Crippen LogP contribution >= 0.6 is 0 Å². The van der Waals surface area contributed by atoms with E-state index in [2.05, 4.69) is 39.2 Å². The van der Waals surface area contributed by atoms with Gasteiger partial charge in [0.1, 0.15) is 0 Å². The average molecular weight is 367 g/mol. The lowest BCUT2D eigenvalue weighted by Crippen LogP contribution is -2.37. The third kappa shape index (κ3) is 3.20. The second-order valence-electron chi connectivity index (χ2n) is 7.73. The molecule has 0 unspecified atom stereocenters. The molecule has 0 saturated carbocycles. The minimum atomic E-state index is -0.113. The maximum atomic E-state index is 13.2. The molecular weight excluding hydrogens is 342 g/mol. The third-order valence-corrected chi connectivity index (χ3v) is 5.15. The summed E-state index contributed by atoms with van der Waals surface area (Å²) in [5.41, 5.74) is 5.16. The number of amides is 1. The SMILES string of the molecule is Cc1cc(C)n2c(C(=O)N3CCc4[nH]nc(CCC(C)C)c4C3)nnc2n1. The largest absolute Gasteiger partial charge is 0.331 e. The number of aromatic amines is 1. The maximum absolute atomic E-state index is 13.2. The first-order valence-electron chi connectivity index (χ1n) is 9.47. The van der Waals surface area contributed by atoms with Gasteiger partial charge in [-0.05, 0) is 38.7 Å². The zero-order valence-electron chi connectivity index (χ0n) is 16.3. The van der Waals surface area contributed by atoms with Crippen LogP contribution in [0.25, 0.3) is 5.78 Å². The van der Waals surface area contributed by atoms with Crippen molar-refractivity contribution in [2.45, 2.75) is 53.5 Å². The summed E-state index contributed by atoms with van der Waals surface area (Å²) in [6, 6.07) is 1.93. The van der Waals surface area contributed by atoms with Crippen molar-refractivity contribution in [1.29, 1.82) is 0 Å². The molecule has 27 heavy (non-hydrogen) atoms. The highest BCUT2D eigenvalue weighted by Gasteiger charge is 2.28. The van der Waals surface area contributed by atoms with E-state index in [-0.39, 0.29) is 5.91 Å². The van der Waals surface area contributed by atoms with Gasteiger partial charge in [-0.3, -0.25) is 14.3 Å². The average Bonchev–Trinajstić information content (AvgIpc) is 3.22. The van der Waals surface area contributed by atoms with Crippen LogP contribution in [0.4, 0.5) is 0 Å². The van der Waals surface area contributed by atoms with Crippen LogP contribution in [0, 0.1) is 19.8 Å². The molecule has 0 spiro atoms. The summed E-state index contributed by atoms with van der Waals surface area (Å²) in [5, 5.41) is 15.9. The first-order chi connectivity index (χ1) is 12.9. The van der Waals surface area contributed by atoms with Crippen LogP contribution in [-0.4, -0.2) is 47.1 Å². The molecule has 1 N–H and O–H groups in total. The number of carbonyl (C=O) groups is 1. The van der Waals surface area contributed by atoms with Gasteiger partial charge in [-0.15, -0.1) is 10.2 Å². The number of hydrogen-bond acceptors (Lipinski definition) is 5. The molecule has 3 aromatic rings. The van der Waals surface area contributed by atoms with E-state index < -0.39 is 0 Å². The van der Waals surface area contributed by atoms with Crippen molar-refractivity contribution in [3.8, 4) is 0 Å². The van der Waals surface area contributed by atoms with Gasteiger partial charge >= 0.3 is 0 Å². The summed E-state index contributed by atoms with van der Waals surface area (Å²) in [7, 11) is 0. The fourth-order valence-corrected chi connectivity index (χ4v) is 3.67. The predicted molar refractivity (Wildman–Crippen MR) is 100 cm³/mol. The highest BCUT2D eigenvalue weighted by Crippen LogP contribution is 2.23. The minimum absolute atomic E-state index is 0.113. The van der Waals surface area contributed by atoms with Crippen molar-refractivity contribution in [3.63, 3.8) is 0 Å². The number of aryl methyl sites for hydroxylation is 3. The van der Waals surface area contributed by atoms with Crippen molar-refractivity contribution in [3.05, 3.63) is 40.2 Å². The Kier molecular flexibility index (Phi) is 4.41. The summed E-state index contributed by atoms with van der Waals surface area (Å²) in [4.78, 5) is 19.4. The zero-order valence-corrected chi connectivity index (χ0v) is 16.3. The molecule has 1 aliphatic rings. The Balaban J connectivity index is 1.61. The molecule has 3 aromatic heterocycles. The van der Waals surface area contributed by atoms with Gasteiger partial charge in [0.05, 0.1) is 5.69 Å². The van der Waals surface area contributed by atoms with E-state index in [9.17, 15) is 4.79 Å². The molecule has 0 aromatic carbocycles. The summed E-state index contributed by atoms with van der Waals surface area (Å²) in [5.74, 6) is 1.30. The van der Waals surface area contributed by atoms with E-state index in [0.717, 1.165) is 47.6 Å². The number of rotatable bonds is 4. The van der Waals surface area contributed by atoms with Crippen molar-refractivity contribution < 1.29 is 4.79 Å². The third-order valence-electron chi connectivity index (χ3n) is 5.15. The standard InChI is InChI=1S/C19H25N7O/c1-11(2)5-6-15-14-10-25(8-7-16(14)22-21-15)18(27)17-23-24-19-20-12(3)9-13(4)26(17)19/h9,11H,5-8,10H2,1-4H3,(H,21,22). The molecule has 4 heterocycles. The second kappa shape index (κ2) is 6.75. The normalized spacial score (nSPS) is 14.2. The van der Waals surface area contributed by atoms with Crippen LogP contribution in [0.15, 0.2) is 6.07 Å². The monoisotopic (exact) mass is 367 g/mol. The fourth-order valence-electron chi connectivity index (χ4n) is 3.67. The molecular formula is C19H25N7O. The molecule has 142 valence electrons. The van der Waals surface area contributed by atoms with Crippen LogP contribution < -0.4 is 0 Å². The number of aromatic nitrogens is 6. The first-order valence-corrected chi connectivity index (χ1v) is 9.47. The van der Waals surface area contributed by atoms with Crippen LogP contribution in [-0.2, 0) is 19.4 Å². The number of hydrogen-bond donors (Lipinski definition) is 1. The van der Waals surface area contributed by atoms with Gasteiger partial charge in [0.15, 0.2) is 0 Å². The first kappa shape index (κ1) is 17.6. The van der Waals surface area contributed by atoms with Gasteiger partial charge in [0, 0.05) is 42.2 Å². The molecule has 0 fully saturated rings. The van der Waals surface area contributed by atoms with Crippen LogP contribution in [0.1, 0.15) is 59.2 Å². The number of nitrogens with one attached hydrogen (secondary N) is 1. The van der Waals surface area contributed by atoms with Gasteiger partial charge in [-0.1, -0.05) is 13.8 Å². The van der Waals surface area contributed by atoms with Gasteiger partial charge in [0.25, 0.3) is 11.7 Å². The Morgan fingerprint density at radius 1 is 1.30 bits per heavy atom. The van der Waals surface area contributed by atoms with Crippen molar-refractivity contribution >= 4 is 11.7 Å². The Labute approximate surface area is 158 Å². The highest BCUT2D eigenvalue weighted by atomic mass is 16.2. The lowest BCUT2D eigenvalue weighted by Gasteiger charge is -2.26. The summed E-state index contributed by atoms with van der Waals surface area (Å²) in [6.45, 7) is 9.48. The van der Waals surface area contributed by atoms with E-state index in [1.165, 1.54) is 0 Å². The smallest absolute Gasteiger partial charge is 0.292 e. The van der Waals surface area contributed by atoms with Crippen LogP contribution in [0.5, 0.6) is 0 Å². The Morgan fingerprint density at radius 2 is 2.11 bits per heavy atom. The lowest BCUT2D eigenvalue weighted by atomic mass is 10.00. The van der Waals surface area contributed by atoms with E-state index in [0.29, 0.717) is 30.6 Å². The van der Waals surface area contributed by atoms with E-state index >= 15 is 0 Å². The molecule has 1 amide bonds. The van der Waals surface area contributed by atoms with E-state index in [1.54, 1.807) is 4.40 Å². The fraction of sp³-hybridized carbons (Fsp3) is 0.526. The second-order valence-corrected chi connectivity index (χ2v) is 7.73. The molecule has 8 heteroatoms. The molecule has 0 saturated heterocycles. The van der Waals surface area contributed by atoms with Gasteiger partial charge in [0.2, 0.25) is 5.82 Å². The molecule has 4 rings (SSSR count). The molecule has 8 nitrogen and oxygen atoms in total. The van der Waals surface area contributed by atoms with Gasteiger partial charge < -0.3 is 4.90 Å². The quantitative estimate of drug-likeness (QED) is 0.763. The summed E-state index contributed by atoms with van der Waals surface area (Å²) in [6.07, 6.45) is 2.80. The lowest BCUT2D eigenvalue weighted by molar-refractivity contribution is 0.0719. The molecule has 0 radical (unpaired) electrons. The Bertz CT molecular complexity index is 1000. The zero-order chi connectivity index (χ0) is 19.1. The maximum Gasteiger partial charge on any atom is 0.292 e. The number of nitrogens with zero attached hydrogens (tertiary/aromatic N) is 6. The van der Waals surface area contributed by atoms with E-state index in [4.69, 9.17) is 0 Å². The molecule has 0 atom stereocenters. The Morgan fingerprint density at radius 3 is 2.89 bits per heavy atom. The summed E-state index contributed by atoms with van der Waals surface area (Å²) < 4.78 is 1.74. The topological polar surface area (TPSA) is 92.1 Å². The van der Waals surface area contributed by atoms with Crippen LogP contribution in [0.3, 0.4) is 0 Å². The number of fused-ring (bicyclic) bond motifs is 2. The van der Waals surface area contributed by atoms with Gasteiger partial charge in [-0.2, -0.15) is 5.10 Å². The molecule has 0 aliphatic carbocycles. The predicted octanol–water partition coefficient (Wildman–Crippen LogP) is 2.25. The van der Waals surface area contributed by atoms with Crippen LogP contribution in [0.2, 0.25) is 0 Å². The van der Waals surface area contributed by atoms with E-state index in [1.807, 2.05) is 24.8 Å². The van der Waals surface area contributed by atoms with Crippen molar-refractivity contribution in [1.82, 2.24) is 34.7 Å². The van der Waals surface area contributed by atoms with Crippen molar-refractivity contribution in [2.75, 3.05) is 6.54 Å². The number of H-pyrrole nitrogens is 1. The number of carbonyl (C=O) groups excluding carboxylic acids is 1. The van der Waals surface area contributed by atoms with Crippen molar-refractivity contribution in [2.24, 2.45) is 5.92 Å². The Hall–Kier alpha value is -2.77. The molecule has 0 bridgehead atoms. The summed E-state index contributed by atoms with van der Waals surface area (Å²) >= 11 is 0. The minimum Gasteiger partial charge on any atom is -0.331 e. The molecule has 1 aliphatic heterocycles. The van der Waals surface area contributed by atoms with Gasteiger partial charge in [-0.25, -0.2) is 4.98 Å².